The largest absolute Gasteiger partial charge is 0.374 e. The molecule has 0 fully saturated rings. The smallest absolute Gasteiger partial charge is 0.0965 e. The van der Waals surface area contributed by atoms with Gasteiger partial charge in [-0.1, -0.05) is 84.3 Å². The van der Waals surface area contributed by atoms with Gasteiger partial charge in [0.25, 0.3) is 0 Å². The van der Waals surface area contributed by atoms with E-state index in [1.165, 1.54) is 82.1 Å². The van der Waals surface area contributed by atoms with Crippen molar-refractivity contribution in [2.45, 2.75) is 103 Å². The van der Waals surface area contributed by atoms with E-state index in [-0.39, 0.29) is 9.52 Å². The second-order valence-corrected chi connectivity index (χ2v) is 9.47. The number of hydrogen-bond donors (Lipinski definition) is 1. The Morgan fingerprint density at radius 3 is 2.28 bits per heavy atom. The van der Waals surface area contributed by atoms with E-state index in [2.05, 4.69) is 38.7 Å². The highest BCUT2D eigenvalue weighted by atomic mass is 28.2. The highest BCUT2D eigenvalue weighted by Gasteiger charge is 2.07. The van der Waals surface area contributed by atoms with Crippen molar-refractivity contribution in [3.05, 3.63) is 12.7 Å². The number of amidine groups is 1. The van der Waals surface area contributed by atoms with Crippen LogP contribution in [0, 0.1) is 5.92 Å². The lowest BCUT2D eigenvalue weighted by molar-refractivity contribution is 0.608. The first-order valence-electron chi connectivity index (χ1n) is 11.1. The molecule has 148 valence electrons. The summed E-state index contributed by atoms with van der Waals surface area (Å²) in [6.45, 7) is 12.9. The highest BCUT2D eigenvalue weighted by Crippen LogP contribution is 2.10. The third kappa shape index (κ3) is 18.0. The average molecular weight is 367 g/mol. The fraction of sp³-hybridized carbons (Fsp3) is 0.864. The average Bonchev–Trinajstić information content (AvgIpc) is 2.60. The molecule has 0 saturated heterocycles. The van der Waals surface area contributed by atoms with Crippen LogP contribution in [0.5, 0.6) is 0 Å². The maximum absolute atomic E-state index is 4.92. The molecular formula is C22H46N2Si. The standard InChI is InChI=1S/C22H46N2Si/c1-5-8-10-12-14-16-23-22(19-21(4)20-25-18-7-3)24-17-15-13-11-9-6-2/h7,21H,3,5-6,8-20,25H2,1-2,4H3,(H,23,24). The summed E-state index contributed by atoms with van der Waals surface area (Å²) in [6.07, 6.45) is 16.6. The molecule has 0 aliphatic rings. The lowest BCUT2D eigenvalue weighted by Gasteiger charge is -2.15. The van der Waals surface area contributed by atoms with Crippen molar-refractivity contribution in [2.75, 3.05) is 13.1 Å². The van der Waals surface area contributed by atoms with E-state index in [4.69, 9.17) is 4.99 Å². The van der Waals surface area contributed by atoms with E-state index in [1.807, 2.05) is 0 Å². The van der Waals surface area contributed by atoms with E-state index in [0.717, 1.165) is 25.4 Å². The second kappa shape index (κ2) is 19.7. The van der Waals surface area contributed by atoms with Crippen molar-refractivity contribution in [1.29, 1.82) is 0 Å². The molecule has 0 aliphatic heterocycles. The van der Waals surface area contributed by atoms with Gasteiger partial charge in [0.15, 0.2) is 0 Å². The van der Waals surface area contributed by atoms with E-state index >= 15 is 0 Å². The van der Waals surface area contributed by atoms with Crippen LogP contribution in [-0.2, 0) is 0 Å². The first-order valence-corrected chi connectivity index (χ1v) is 13.1. The summed E-state index contributed by atoms with van der Waals surface area (Å²) in [6, 6.07) is 2.69. The van der Waals surface area contributed by atoms with Gasteiger partial charge in [-0.15, -0.1) is 6.58 Å². The minimum atomic E-state index is 0.0536. The van der Waals surface area contributed by atoms with Crippen molar-refractivity contribution < 1.29 is 0 Å². The van der Waals surface area contributed by atoms with E-state index in [9.17, 15) is 0 Å². The SMILES string of the molecule is C=CC[SiH2]CC(C)CC(=NCCCCCCC)NCCCCCCC. The molecule has 0 bridgehead atoms. The predicted octanol–water partition coefficient (Wildman–Crippen LogP) is 6.13. The van der Waals surface area contributed by atoms with Crippen LogP contribution in [0.25, 0.3) is 0 Å². The quantitative estimate of drug-likeness (QED) is 0.102. The van der Waals surface area contributed by atoms with Crippen LogP contribution < -0.4 is 5.32 Å². The number of unbranched alkanes of at least 4 members (excludes halogenated alkanes) is 8. The monoisotopic (exact) mass is 366 g/mol. The Morgan fingerprint density at radius 1 is 1.00 bits per heavy atom. The van der Waals surface area contributed by atoms with Gasteiger partial charge in [0, 0.05) is 29.0 Å². The number of hydrogen-bond acceptors (Lipinski definition) is 1. The lowest BCUT2D eigenvalue weighted by atomic mass is 10.1. The zero-order valence-corrected chi connectivity index (χ0v) is 19.0. The van der Waals surface area contributed by atoms with Crippen molar-refractivity contribution >= 4 is 15.4 Å². The molecule has 0 saturated carbocycles. The normalized spacial score (nSPS) is 13.5. The van der Waals surface area contributed by atoms with Crippen molar-refractivity contribution in [3.63, 3.8) is 0 Å². The molecule has 0 heterocycles. The van der Waals surface area contributed by atoms with Crippen molar-refractivity contribution in [2.24, 2.45) is 10.9 Å². The Balaban J connectivity index is 4.12. The van der Waals surface area contributed by atoms with Gasteiger partial charge in [0.2, 0.25) is 0 Å². The third-order valence-electron chi connectivity index (χ3n) is 4.82. The number of aliphatic imine (C=N–C) groups is 1. The highest BCUT2D eigenvalue weighted by molar-refractivity contribution is 6.36. The van der Waals surface area contributed by atoms with E-state index < -0.39 is 0 Å². The minimum Gasteiger partial charge on any atom is -0.374 e. The van der Waals surface area contributed by atoms with E-state index in [0.29, 0.717) is 0 Å². The minimum absolute atomic E-state index is 0.0536. The molecule has 2 nitrogen and oxygen atoms in total. The lowest BCUT2D eigenvalue weighted by Crippen LogP contribution is -2.27. The van der Waals surface area contributed by atoms with Crippen molar-refractivity contribution in [3.8, 4) is 0 Å². The molecule has 0 aromatic heterocycles. The molecule has 0 amide bonds. The van der Waals surface area contributed by atoms with E-state index in [1.54, 1.807) is 0 Å². The zero-order valence-electron chi connectivity index (χ0n) is 17.6. The molecule has 0 aromatic carbocycles. The Labute approximate surface area is 161 Å². The van der Waals surface area contributed by atoms with Gasteiger partial charge in [0.05, 0.1) is 5.84 Å². The summed E-state index contributed by atoms with van der Waals surface area (Å²) in [4.78, 5) is 4.92. The third-order valence-corrected chi connectivity index (χ3v) is 7.03. The fourth-order valence-corrected chi connectivity index (χ4v) is 4.55. The molecule has 1 unspecified atom stereocenters. The summed E-state index contributed by atoms with van der Waals surface area (Å²) >= 11 is 0. The number of nitrogens with zero attached hydrogens (tertiary/aromatic N) is 1. The van der Waals surface area contributed by atoms with Crippen LogP contribution in [0.1, 0.15) is 91.4 Å². The molecule has 0 radical (unpaired) electrons. The number of nitrogens with one attached hydrogen (secondary N) is 1. The summed E-state index contributed by atoms with van der Waals surface area (Å²) in [5.41, 5.74) is 0. The molecule has 1 N–H and O–H groups in total. The topological polar surface area (TPSA) is 24.4 Å². The first kappa shape index (κ1) is 24.4. The van der Waals surface area contributed by atoms with Gasteiger partial charge >= 0.3 is 0 Å². The van der Waals surface area contributed by atoms with Gasteiger partial charge in [-0.25, -0.2) is 0 Å². The molecule has 1 atom stereocenters. The Hall–Kier alpha value is -0.573. The van der Waals surface area contributed by atoms with Crippen LogP contribution in [0.3, 0.4) is 0 Å². The maximum atomic E-state index is 4.92. The van der Waals surface area contributed by atoms with Crippen LogP contribution in [0.15, 0.2) is 17.6 Å². The molecule has 0 aliphatic carbocycles. The van der Waals surface area contributed by atoms with Crippen LogP contribution in [0.2, 0.25) is 12.1 Å². The van der Waals surface area contributed by atoms with Gasteiger partial charge in [-0.3, -0.25) is 4.99 Å². The molecule has 25 heavy (non-hydrogen) atoms. The number of allylic oxidation sites excluding steroid dienone is 1. The summed E-state index contributed by atoms with van der Waals surface area (Å²) < 4.78 is 0. The first-order chi connectivity index (χ1) is 12.2. The van der Waals surface area contributed by atoms with Crippen LogP contribution in [0.4, 0.5) is 0 Å². The second-order valence-electron chi connectivity index (χ2n) is 7.61. The predicted molar refractivity (Wildman–Crippen MR) is 120 cm³/mol. The molecule has 0 rings (SSSR count). The van der Waals surface area contributed by atoms with Gasteiger partial charge in [-0.05, 0) is 24.8 Å². The number of rotatable bonds is 18. The fourth-order valence-electron chi connectivity index (χ4n) is 3.13. The summed E-state index contributed by atoms with van der Waals surface area (Å²) in [5.74, 6) is 2.06. The van der Waals surface area contributed by atoms with Gasteiger partial charge < -0.3 is 5.32 Å². The zero-order chi connectivity index (χ0) is 18.6. The molecule has 0 spiro atoms. The van der Waals surface area contributed by atoms with Crippen LogP contribution in [-0.4, -0.2) is 28.4 Å². The Kier molecular flexibility index (Phi) is 19.3. The molecule has 0 aromatic rings. The maximum Gasteiger partial charge on any atom is 0.0965 e. The van der Waals surface area contributed by atoms with Crippen LogP contribution >= 0.6 is 0 Å². The Bertz CT molecular complexity index is 315. The van der Waals surface area contributed by atoms with Crippen molar-refractivity contribution in [1.82, 2.24) is 5.32 Å². The van der Waals surface area contributed by atoms with Gasteiger partial charge in [-0.2, -0.15) is 0 Å². The summed E-state index contributed by atoms with van der Waals surface area (Å²) in [7, 11) is 0.0536. The Morgan fingerprint density at radius 2 is 1.64 bits per heavy atom. The molecule has 3 heteroatoms. The summed E-state index contributed by atoms with van der Waals surface area (Å²) in [5, 5.41) is 3.67. The molecular weight excluding hydrogens is 320 g/mol. The van der Waals surface area contributed by atoms with Gasteiger partial charge in [0.1, 0.15) is 0 Å².